The summed E-state index contributed by atoms with van der Waals surface area (Å²) in [5.41, 5.74) is 0. The molecule has 0 aliphatic carbocycles. The van der Waals surface area contributed by atoms with Gasteiger partial charge in [-0.15, -0.1) is 0 Å². The van der Waals surface area contributed by atoms with Gasteiger partial charge in [0, 0.05) is 19.6 Å². The zero-order valence-corrected chi connectivity index (χ0v) is 11.8. The quantitative estimate of drug-likeness (QED) is 0.807. The first-order valence-electron chi connectivity index (χ1n) is 7.07. The molecule has 8 heteroatoms. The van der Waals surface area contributed by atoms with Gasteiger partial charge in [0.25, 0.3) is 0 Å². The number of rotatable bonds is 1. The van der Waals surface area contributed by atoms with Crippen LogP contribution < -0.4 is 0 Å². The lowest BCUT2D eigenvalue weighted by atomic mass is 9.98. The molecule has 2 aliphatic heterocycles. The Balaban J connectivity index is 2.07. The van der Waals surface area contributed by atoms with Crippen LogP contribution in [-0.2, 0) is 4.79 Å². The summed E-state index contributed by atoms with van der Waals surface area (Å²) in [5, 5.41) is 9.19. The largest absolute Gasteiger partial charge is 0.480 e. The maximum atomic E-state index is 12.8. The second-order valence-electron chi connectivity index (χ2n) is 5.85. The number of likely N-dealkylation sites (tertiary alicyclic amines) is 2. The van der Waals surface area contributed by atoms with Crippen LogP contribution in [-0.4, -0.2) is 58.8 Å². The molecule has 3 unspecified atom stereocenters. The Morgan fingerprint density at radius 2 is 1.86 bits per heavy atom. The molecular weight excluding hydrogens is 289 g/mol. The highest BCUT2D eigenvalue weighted by molar-refractivity contribution is 5.83. The van der Waals surface area contributed by atoms with Crippen molar-refractivity contribution in [2.45, 2.75) is 38.4 Å². The van der Waals surface area contributed by atoms with Crippen LogP contribution in [0.2, 0.25) is 0 Å². The number of aliphatic carboxylic acids is 1. The van der Waals surface area contributed by atoms with Gasteiger partial charge in [0.2, 0.25) is 0 Å². The zero-order chi connectivity index (χ0) is 15.8. The van der Waals surface area contributed by atoms with Crippen molar-refractivity contribution in [3.8, 4) is 0 Å². The van der Waals surface area contributed by atoms with Crippen LogP contribution in [0.1, 0.15) is 26.2 Å². The van der Waals surface area contributed by atoms with Crippen molar-refractivity contribution in [2.24, 2.45) is 11.8 Å². The first kappa shape index (κ1) is 15.9. The summed E-state index contributed by atoms with van der Waals surface area (Å²) in [6, 6.07) is -1.52. The Kier molecular flexibility index (Phi) is 4.34. The monoisotopic (exact) mass is 308 g/mol. The molecule has 1 N–H and O–H groups in total. The molecule has 3 atom stereocenters. The van der Waals surface area contributed by atoms with E-state index < -0.39 is 30.1 Å². The van der Waals surface area contributed by atoms with E-state index in [9.17, 15) is 27.9 Å². The molecule has 120 valence electrons. The Hall–Kier alpha value is -1.47. The highest BCUT2D eigenvalue weighted by atomic mass is 19.4. The highest BCUT2D eigenvalue weighted by Crippen LogP contribution is 2.34. The molecule has 2 heterocycles. The number of halogens is 3. The SMILES string of the molecule is CC1CCN(C(=O)N2CCCC(C(F)(F)F)C2)C1C(=O)O. The Labute approximate surface area is 120 Å². The lowest BCUT2D eigenvalue weighted by molar-refractivity contribution is -0.184. The van der Waals surface area contributed by atoms with Gasteiger partial charge in [-0.2, -0.15) is 13.2 Å². The topological polar surface area (TPSA) is 60.9 Å². The van der Waals surface area contributed by atoms with Crippen LogP contribution in [0.3, 0.4) is 0 Å². The third kappa shape index (κ3) is 3.24. The number of carbonyl (C=O) groups excluding carboxylic acids is 1. The van der Waals surface area contributed by atoms with Crippen molar-refractivity contribution in [1.82, 2.24) is 9.80 Å². The Morgan fingerprint density at radius 3 is 2.43 bits per heavy atom. The summed E-state index contributed by atoms with van der Waals surface area (Å²) >= 11 is 0. The van der Waals surface area contributed by atoms with Gasteiger partial charge in [-0.05, 0) is 25.2 Å². The minimum absolute atomic E-state index is 0.0199. The van der Waals surface area contributed by atoms with Gasteiger partial charge >= 0.3 is 18.2 Å². The van der Waals surface area contributed by atoms with E-state index in [0.29, 0.717) is 6.42 Å². The van der Waals surface area contributed by atoms with E-state index in [-0.39, 0.29) is 38.4 Å². The molecule has 0 aromatic carbocycles. The van der Waals surface area contributed by atoms with Gasteiger partial charge in [0.1, 0.15) is 6.04 Å². The second kappa shape index (κ2) is 5.73. The van der Waals surface area contributed by atoms with Gasteiger partial charge in [0.05, 0.1) is 5.92 Å². The smallest absolute Gasteiger partial charge is 0.393 e. The number of alkyl halides is 3. The Bertz CT molecular complexity index is 427. The van der Waals surface area contributed by atoms with Crippen LogP contribution in [0.25, 0.3) is 0 Å². The number of hydrogen-bond donors (Lipinski definition) is 1. The van der Waals surface area contributed by atoms with E-state index in [1.807, 2.05) is 0 Å². The average molecular weight is 308 g/mol. The predicted molar refractivity (Wildman–Crippen MR) is 67.7 cm³/mol. The molecular formula is C13H19F3N2O3. The number of carboxylic acids is 1. The second-order valence-corrected chi connectivity index (χ2v) is 5.85. The lowest BCUT2D eigenvalue weighted by Crippen LogP contribution is -2.53. The molecule has 0 aromatic rings. The third-order valence-electron chi connectivity index (χ3n) is 4.35. The van der Waals surface area contributed by atoms with Gasteiger partial charge in [0.15, 0.2) is 0 Å². The molecule has 2 aliphatic rings. The number of nitrogens with zero attached hydrogens (tertiary/aromatic N) is 2. The Morgan fingerprint density at radius 1 is 1.19 bits per heavy atom. The van der Waals surface area contributed by atoms with E-state index >= 15 is 0 Å². The minimum Gasteiger partial charge on any atom is -0.480 e. The molecule has 0 radical (unpaired) electrons. The van der Waals surface area contributed by atoms with Crippen molar-refractivity contribution in [3.63, 3.8) is 0 Å². The van der Waals surface area contributed by atoms with Crippen molar-refractivity contribution in [3.05, 3.63) is 0 Å². The van der Waals surface area contributed by atoms with Gasteiger partial charge in [-0.1, -0.05) is 6.92 Å². The maximum absolute atomic E-state index is 12.8. The normalized spacial score (nSPS) is 30.6. The standard InChI is InChI=1S/C13H19F3N2O3/c1-8-4-6-18(10(8)11(19)20)12(21)17-5-2-3-9(7-17)13(14,15)16/h8-10H,2-7H2,1H3,(H,19,20). The van der Waals surface area contributed by atoms with E-state index in [1.165, 1.54) is 4.90 Å². The predicted octanol–water partition coefficient (Wildman–Crippen LogP) is 2.18. The fourth-order valence-corrected chi connectivity index (χ4v) is 3.14. The number of carbonyl (C=O) groups is 2. The van der Waals surface area contributed by atoms with Crippen molar-refractivity contribution < 1.29 is 27.9 Å². The zero-order valence-electron chi connectivity index (χ0n) is 11.8. The summed E-state index contributed by atoms with van der Waals surface area (Å²) in [5.74, 6) is -2.80. The molecule has 0 bridgehead atoms. The van der Waals surface area contributed by atoms with Gasteiger partial charge < -0.3 is 14.9 Å². The van der Waals surface area contributed by atoms with Crippen molar-refractivity contribution >= 4 is 12.0 Å². The maximum Gasteiger partial charge on any atom is 0.393 e. The average Bonchev–Trinajstić information content (AvgIpc) is 2.79. The minimum atomic E-state index is -4.32. The number of amides is 2. The molecule has 2 saturated heterocycles. The van der Waals surface area contributed by atoms with E-state index in [0.717, 1.165) is 4.90 Å². The third-order valence-corrected chi connectivity index (χ3v) is 4.35. The van der Waals surface area contributed by atoms with Gasteiger partial charge in [-0.3, -0.25) is 0 Å². The van der Waals surface area contributed by atoms with Crippen LogP contribution in [0.15, 0.2) is 0 Å². The van der Waals surface area contributed by atoms with Crippen LogP contribution >= 0.6 is 0 Å². The number of hydrogen-bond acceptors (Lipinski definition) is 2. The van der Waals surface area contributed by atoms with E-state index in [2.05, 4.69) is 0 Å². The molecule has 0 aromatic heterocycles. The number of piperidine rings is 1. The first-order valence-corrected chi connectivity index (χ1v) is 7.07. The molecule has 2 amide bonds. The summed E-state index contributed by atoms with van der Waals surface area (Å²) in [7, 11) is 0. The fraction of sp³-hybridized carbons (Fsp3) is 0.846. The highest BCUT2D eigenvalue weighted by Gasteiger charge is 2.46. The van der Waals surface area contributed by atoms with Crippen molar-refractivity contribution in [2.75, 3.05) is 19.6 Å². The van der Waals surface area contributed by atoms with E-state index in [1.54, 1.807) is 6.92 Å². The summed E-state index contributed by atoms with van der Waals surface area (Å²) in [6.07, 6.45) is -3.45. The summed E-state index contributed by atoms with van der Waals surface area (Å²) in [6.45, 7) is 1.90. The summed E-state index contributed by atoms with van der Waals surface area (Å²) in [4.78, 5) is 25.9. The first-order chi connectivity index (χ1) is 9.71. The van der Waals surface area contributed by atoms with Crippen LogP contribution in [0.5, 0.6) is 0 Å². The molecule has 21 heavy (non-hydrogen) atoms. The fourth-order valence-electron chi connectivity index (χ4n) is 3.14. The summed E-state index contributed by atoms with van der Waals surface area (Å²) < 4.78 is 38.3. The lowest BCUT2D eigenvalue weighted by Gasteiger charge is -2.37. The molecule has 5 nitrogen and oxygen atoms in total. The number of carboxylic acid groups (broad SMARTS) is 1. The van der Waals surface area contributed by atoms with Crippen LogP contribution in [0.4, 0.5) is 18.0 Å². The van der Waals surface area contributed by atoms with E-state index in [4.69, 9.17) is 0 Å². The van der Waals surface area contributed by atoms with Crippen molar-refractivity contribution in [1.29, 1.82) is 0 Å². The van der Waals surface area contributed by atoms with Gasteiger partial charge in [-0.25, -0.2) is 9.59 Å². The molecule has 2 rings (SSSR count). The number of urea groups is 1. The molecule has 0 saturated carbocycles. The molecule has 0 spiro atoms. The van der Waals surface area contributed by atoms with Crippen LogP contribution in [0, 0.1) is 11.8 Å². The molecule has 2 fully saturated rings.